The Morgan fingerprint density at radius 1 is 0.868 bits per heavy atom. The molecule has 0 atom stereocenters. The molecule has 5 rings (SSSR count). The van der Waals surface area contributed by atoms with Crippen molar-refractivity contribution < 1.29 is 14.0 Å². The highest BCUT2D eigenvalue weighted by Crippen LogP contribution is 2.31. The number of nitrogens with zero attached hydrogens (tertiary/aromatic N) is 1. The van der Waals surface area contributed by atoms with Crippen LogP contribution in [0, 0.1) is 30.5 Å². The second-order valence-corrected chi connectivity index (χ2v) is 9.07. The second kappa shape index (κ2) is 10.5. The Labute approximate surface area is 220 Å². The van der Waals surface area contributed by atoms with Crippen molar-refractivity contribution in [3.63, 3.8) is 0 Å². The van der Waals surface area contributed by atoms with Gasteiger partial charge in [0.05, 0.1) is 22.5 Å². The number of anilines is 2. The first-order chi connectivity index (χ1) is 18.5. The number of halogens is 1. The Morgan fingerprint density at radius 3 is 2.13 bits per heavy atom. The molecule has 0 aliphatic carbocycles. The van der Waals surface area contributed by atoms with Crippen molar-refractivity contribution in [1.29, 1.82) is 0 Å². The van der Waals surface area contributed by atoms with E-state index in [1.807, 2.05) is 0 Å². The third-order valence-electron chi connectivity index (χ3n) is 6.65. The standard InChI is InChI=1S/C31H25FN4O2/c1-3-20-6-10-23(11-7-20)34-31(38)25-18-21(4-2)8-13-27(25)35-30(37)24-12-9-22(19-26(24)32)29(28-14-15-33-28)36-16-5-17-36/h1-2,6-13,18-19,33H,5,14-17H2,(H,34,38)(H,35,37). The normalized spacial score (nSPS) is 15.1. The first-order valence-electron chi connectivity index (χ1n) is 12.3. The number of hydrogen-bond acceptors (Lipinski definition) is 4. The van der Waals surface area contributed by atoms with Gasteiger partial charge >= 0.3 is 0 Å². The van der Waals surface area contributed by atoms with E-state index in [0.717, 1.165) is 49.4 Å². The number of nitrogens with one attached hydrogen (secondary N) is 3. The lowest BCUT2D eigenvalue weighted by Crippen LogP contribution is -2.40. The third-order valence-corrected chi connectivity index (χ3v) is 6.65. The maximum atomic E-state index is 15.2. The molecule has 2 aliphatic heterocycles. The molecule has 0 spiro atoms. The van der Waals surface area contributed by atoms with Gasteiger partial charge in [-0.15, -0.1) is 12.8 Å². The number of rotatable bonds is 6. The predicted molar refractivity (Wildman–Crippen MR) is 147 cm³/mol. The van der Waals surface area contributed by atoms with Gasteiger partial charge in [0, 0.05) is 54.1 Å². The van der Waals surface area contributed by atoms with Crippen LogP contribution in [0.1, 0.15) is 50.2 Å². The van der Waals surface area contributed by atoms with Gasteiger partial charge < -0.3 is 20.9 Å². The van der Waals surface area contributed by atoms with Gasteiger partial charge in [0.25, 0.3) is 11.8 Å². The highest BCUT2D eigenvalue weighted by Gasteiger charge is 2.26. The van der Waals surface area contributed by atoms with E-state index in [1.54, 1.807) is 36.4 Å². The minimum Gasteiger partial charge on any atom is -0.386 e. The van der Waals surface area contributed by atoms with E-state index in [2.05, 4.69) is 32.7 Å². The monoisotopic (exact) mass is 504 g/mol. The molecule has 0 radical (unpaired) electrons. The molecule has 2 fully saturated rings. The summed E-state index contributed by atoms with van der Waals surface area (Å²) in [7, 11) is 0. The van der Waals surface area contributed by atoms with Crippen LogP contribution < -0.4 is 16.0 Å². The Kier molecular flexibility index (Phi) is 6.84. The van der Waals surface area contributed by atoms with Crippen molar-refractivity contribution >= 4 is 28.9 Å². The largest absolute Gasteiger partial charge is 0.386 e. The maximum Gasteiger partial charge on any atom is 0.258 e. The molecule has 0 saturated carbocycles. The van der Waals surface area contributed by atoms with E-state index < -0.39 is 17.6 Å². The van der Waals surface area contributed by atoms with E-state index >= 15 is 4.39 Å². The molecule has 2 amide bonds. The Hall–Kier alpha value is -5.01. The van der Waals surface area contributed by atoms with Crippen molar-refractivity contribution in [3.8, 4) is 24.7 Å². The summed E-state index contributed by atoms with van der Waals surface area (Å²) in [6.45, 7) is 2.76. The number of carbonyl (C=O) groups excluding carboxylic acids is 2. The zero-order chi connectivity index (χ0) is 26.6. The zero-order valence-corrected chi connectivity index (χ0v) is 20.6. The van der Waals surface area contributed by atoms with E-state index in [0.29, 0.717) is 16.8 Å². The molecule has 7 heteroatoms. The lowest BCUT2D eigenvalue weighted by Gasteiger charge is -2.39. The first kappa shape index (κ1) is 24.7. The summed E-state index contributed by atoms with van der Waals surface area (Å²) >= 11 is 0. The van der Waals surface area contributed by atoms with Gasteiger partial charge in [-0.05, 0) is 61.0 Å². The van der Waals surface area contributed by atoms with Crippen LogP contribution >= 0.6 is 0 Å². The van der Waals surface area contributed by atoms with Crippen LogP contribution in [0.4, 0.5) is 15.8 Å². The fourth-order valence-electron chi connectivity index (χ4n) is 4.35. The summed E-state index contributed by atoms with van der Waals surface area (Å²) in [6.07, 6.45) is 12.9. The minimum absolute atomic E-state index is 0.125. The van der Waals surface area contributed by atoms with Crippen LogP contribution in [0.15, 0.2) is 66.4 Å². The van der Waals surface area contributed by atoms with Crippen molar-refractivity contribution in [2.75, 3.05) is 30.3 Å². The quantitative estimate of drug-likeness (QED) is 0.427. The van der Waals surface area contributed by atoms with Gasteiger partial charge in [-0.3, -0.25) is 9.59 Å². The van der Waals surface area contributed by atoms with Crippen LogP contribution in [-0.4, -0.2) is 36.3 Å². The fourth-order valence-corrected chi connectivity index (χ4v) is 4.35. The van der Waals surface area contributed by atoms with Crippen molar-refractivity contribution in [2.45, 2.75) is 12.8 Å². The molecule has 2 saturated heterocycles. The number of carbonyl (C=O) groups is 2. The van der Waals surface area contributed by atoms with Gasteiger partial charge in [0.1, 0.15) is 5.82 Å². The molecule has 3 N–H and O–H groups in total. The lowest BCUT2D eigenvalue weighted by molar-refractivity contribution is 0.102. The molecular weight excluding hydrogens is 479 g/mol. The minimum atomic E-state index is -0.671. The van der Waals surface area contributed by atoms with E-state index in [4.69, 9.17) is 12.8 Å². The number of amides is 2. The number of hydrogen-bond donors (Lipinski definition) is 3. The molecule has 0 aromatic heterocycles. The summed E-state index contributed by atoms with van der Waals surface area (Å²) in [5.74, 6) is 3.21. The van der Waals surface area contributed by atoms with Crippen LogP contribution in [0.2, 0.25) is 0 Å². The number of benzene rings is 3. The molecule has 2 aliphatic rings. The van der Waals surface area contributed by atoms with Gasteiger partial charge in [0.15, 0.2) is 0 Å². The SMILES string of the molecule is C#Cc1ccc(NC(=O)c2cc(C#C)ccc2NC(=O)c2ccc(C(=C3CCN3)N3CCC3)cc2F)cc1. The molecule has 3 aromatic rings. The third kappa shape index (κ3) is 4.96. The second-order valence-electron chi connectivity index (χ2n) is 9.07. The summed E-state index contributed by atoms with van der Waals surface area (Å²) in [4.78, 5) is 28.4. The smallest absolute Gasteiger partial charge is 0.258 e. The van der Waals surface area contributed by atoms with Crippen molar-refractivity contribution in [1.82, 2.24) is 10.2 Å². The number of terminal acetylenes is 2. The van der Waals surface area contributed by atoms with Gasteiger partial charge in [-0.1, -0.05) is 17.9 Å². The molecule has 0 unspecified atom stereocenters. The molecule has 0 bridgehead atoms. The Morgan fingerprint density at radius 2 is 1.55 bits per heavy atom. The lowest BCUT2D eigenvalue weighted by atomic mass is 9.99. The average Bonchev–Trinajstić information content (AvgIpc) is 2.86. The average molecular weight is 505 g/mol. The van der Waals surface area contributed by atoms with Crippen LogP contribution in [0.25, 0.3) is 5.70 Å². The van der Waals surface area contributed by atoms with Gasteiger partial charge in [0.2, 0.25) is 0 Å². The molecule has 2 heterocycles. The first-order valence-corrected chi connectivity index (χ1v) is 12.3. The van der Waals surface area contributed by atoms with Crippen LogP contribution in [-0.2, 0) is 0 Å². The molecule has 6 nitrogen and oxygen atoms in total. The Balaban J connectivity index is 1.38. The molecular formula is C31H25FN4O2. The summed E-state index contributed by atoms with van der Waals surface area (Å²) in [5, 5.41) is 8.75. The van der Waals surface area contributed by atoms with Gasteiger partial charge in [-0.25, -0.2) is 4.39 Å². The summed E-state index contributed by atoms with van der Waals surface area (Å²) in [6, 6.07) is 16.0. The van der Waals surface area contributed by atoms with Crippen LogP contribution in [0.5, 0.6) is 0 Å². The van der Waals surface area contributed by atoms with Crippen molar-refractivity contribution in [3.05, 3.63) is 100.0 Å². The highest BCUT2D eigenvalue weighted by atomic mass is 19.1. The predicted octanol–water partition coefficient (Wildman–Crippen LogP) is 4.66. The molecule has 38 heavy (non-hydrogen) atoms. The van der Waals surface area contributed by atoms with E-state index in [9.17, 15) is 9.59 Å². The van der Waals surface area contributed by atoms with E-state index in [-0.39, 0.29) is 16.8 Å². The fraction of sp³-hybridized carbons (Fsp3) is 0.161. The highest BCUT2D eigenvalue weighted by molar-refractivity contribution is 6.12. The topological polar surface area (TPSA) is 73.5 Å². The summed E-state index contributed by atoms with van der Waals surface area (Å²) in [5.41, 5.74) is 4.71. The van der Waals surface area contributed by atoms with Crippen LogP contribution in [0.3, 0.4) is 0 Å². The Bertz CT molecular complexity index is 1530. The van der Waals surface area contributed by atoms with E-state index in [1.165, 1.54) is 24.3 Å². The maximum absolute atomic E-state index is 15.2. The molecule has 3 aromatic carbocycles. The zero-order valence-electron chi connectivity index (χ0n) is 20.6. The molecule has 188 valence electrons. The van der Waals surface area contributed by atoms with Crippen molar-refractivity contribution in [2.24, 2.45) is 0 Å². The summed E-state index contributed by atoms with van der Waals surface area (Å²) < 4.78 is 15.2. The van der Waals surface area contributed by atoms with Gasteiger partial charge in [-0.2, -0.15) is 0 Å². The number of likely N-dealkylation sites (tertiary alicyclic amines) is 1.